The van der Waals surface area contributed by atoms with Crippen LogP contribution in [-0.4, -0.2) is 59.0 Å². The number of benzene rings is 1. The molecule has 1 saturated heterocycles. The van der Waals surface area contributed by atoms with E-state index in [2.05, 4.69) is 33.4 Å². The lowest BCUT2D eigenvalue weighted by Crippen LogP contribution is -2.37. The largest absolute Gasteiger partial charge is 0.497 e. The summed E-state index contributed by atoms with van der Waals surface area (Å²) in [4.78, 5) is 11.6. The second-order valence-corrected chi connectivity index (χ2v) is 8.42. The number of morpholine rings is 1. The molecule has 0 spiro atoms. The van der Waals surface area contributed by atoms with Crippen molar-refractivity contribution in [1.82, 2.24) is 19.6 Å². The summed E-state index contributed by atoms with van der Waals surface area (Å²) in [6.07, 6.45) is 4.16. The molecule has 1 saturated carbocycles. The molecule has 6 rings (SSSR count). The molecule has 8 nitrogen and oxygen atoms in total. The molecule has 4 heterocycles. The molecule has 2 aliphatic rings. The number of methoxy groups -OCH3 is 1. The fourth-order valence-corrected chi connectivity index (χ4v) is 4.27. The standard InChI is InChI=1S/C25H26N6O2/c1-32-19-9-5-17(6-10-19)24-23(20-11-12-26-25(28-20)27-18-7-8-18)21-3-2-4-22(31(21)29-24)30-13-15-33-16-14-30/h2-6,9-12,18H,7-8,13-16H2,1H3,(H,26,27,28). The first-order valence-electron chi connectivity index (χ1n) is 11.4. The quantitative estimate of drug-likeness (QED) is 0.486. The van der Waals surface area contributed by atoms with Crippen molar-refractivity contribution in [3.8, 4) is 28.3 Å². The molecule has 1 aliphatic heterocycles. The van der Waals surface area contributed by atoms with E-state index in [1.54, 1.807) is 7.11 Å². The van der Waals surface area contributed by atoms with Gasteiger partial charge in [0.05, 0.1) is 37.1 Å². The van der Waals surface area contributed by atoms with Gasteiger partial charge in [0, 0.05) is 30.9 Å². The van der Waals surface area contributed by atoms with Gasteiger partial charge >= 0.3 is 0 Å². The maximum atomic E-state index is 5.57. The van der Waals surface area contributed by atoms with Crippen molar-refractivity contribution in [2.24, 2.45) is 0 Å². The van der Waals surface area contributed by atoms with Crippen LogP contribution in [0.4, 0.5) is 11.8 Å². The minimum atomic E-state index is 0.484. The van der Waals surface area contributed by atoms with E-state index in [0.717, 1.165) is 65.9 Å². The van der Waals surface area contributed by atoms with Crippen molar-refractivity contribution < 1.29 is 9.47 Å². The second kappa shape index (κ2) is 8.37. The van der Waals surface area contributed by atoms with E-state index in [1.165, 1.54) is 12.8 Å². The fraction of sp³-hybridized carbons (Fsp3) is 0.320. The van der Waals surface area contributed by atoms with Crippen molar-refractivity contribution in [1.29, 1.82) is 0 Å². The van der Waals surface area contributed by atoms with E-state index in [9.17, 15) is 0 Å². The zero-order valence-electron chi connectivity index (χ0n) is 18.6. The van der Waals surface area contributed by atoms with Crippen LogP contribution >= 0.6 is 0 Å². The van der Waals surface area contributed by atoms with Crippen LogP contribution in [-0.2, 0) is 4.74 Å². The summed E-state index contributed by atoms with van der Waals surface area (Å²) < 4.78 is 13.0. The number of hydrogen-bond donors (Lipinski definition) is 1. The zero-order chi connectivity index (χ0) is 22.2. The van der Waals surface area contributed by atoms with E-state index in [-0.39, 0.29) is 0 Å². The number of rotatable bonds is 6. The van der Waals surface area contributed by atoms with Crippen molar-refractivity contribution in [3.05, 3.63) is 54.7 Å². The molecule has 33 heavy (non-hydrogen) atoms. The second-order valence-electron chi connectivity index (χ2n) is 8.42. The van der Waals surface area contributed by atoms with Gasteiger partial charge in [-0.3, -0.25) is 0 Å². The topological polar surface area (TPSA) is 76.8 Å². The van der Waals surface area contributed by atoms with Gasteiger partial charge in [0.2, 0.25) is 5.95 Å². The van der Waals surface area contributed by atoms with Crippen LogP contribution in [0.1, 0.15) is 12.8 Å². The minimum absolute atomic E-state index is 0.484. The maximum Gasteiger partial charge on any atom is 0.223 e. The van der Waals surface area contributed by atoms with Gasteiger partial charge in [-0.1, -0.05) is 6.07 Å². The van der Waals surface area contributed by atoms with Gasteiger partial charge in [0.15, 0.2) is 0 Å². The Bertz CT molecular complexity index is 1280. The fourth-order valence-electron chi connectivity index (χ4n) is 4.27. The first kappa shape index (κ1) is 20.0. The predicted octanol–water partition coefficient (Wildman–Crippen LogP) is 3.88. The van der Waals surface area contributed by atoms with E-state index in [0.29, 0.717) is 12.0 Å². The molecule has 0 amide bonds. The molecule has 2 fully saturated rings. The molecular formula is C25H26N6O2. The monoisotopic (exact) mass is 442 g/mol. The molecule has 8 heteroatoms. The third-order valence-electron chi connectivity index (χ3n) is 6.16. The highest BCUT2D eigenvalue weighted by Gasteiger charge is 2.24. The SMILES string of the molecule is COc1ccc(-c2nn3c(N4CCOCC4)cccc3c2-c2ccnc(NC3CC3)n2)cc1. The maximum absolute atomic E-state index is 5.57. The van der Waals surface area contributed by atoms with Gasteiger partial charge in [-0.25, -0.2) is 14.5 Å². The average molecular weight is 443 g/mol. The number of fused-ring (bicyclic) bond motifs is 1. The third-order valence-corrected chi connectivity index (χ3v) is 6.16. The minimum Gasteiger partial charge on any atom is -0.497 e. The van der Waals surface area contributed by atoms with E-state index in [4.69, 9.17) is 19.6 Å². The van der Waals surface area contributed by atoms with E-state index < -0.39 is 0 Å². The highest BCUT2D eigenvalue weighted by atomic mass is 16.5. The van der Waals surface area contributed by atoms with Crippen molar-refractivity contribution in [2.75, 3.05) is 43.6 Å². The third kappa shape index (κ3) is 3.87. The van der Waals surface area contributed by atoms with Gasteiger partial charge < -0.3 is 19.7 Å². The summed E-state index contributed by atoms with van der Waals surface area (Å²) in [5.74, 6) is 2.54. The first-order valence-corrected chi connectivity index (χ1v) is 11.4. The van der Waals surface area contributed by atoms with Gasteiger partial charge in [-0.05, 0) is 55.3 Å². The summed E-state index contributed by atoms with van der Waals surface area (Å²) >= 11 is 0. The molecule has 3 aromatic heterocycles. The Kier molecular flexibility index (Phi) is 5.07. The Balaban J connectivity index is 1.53. The van der Waals surface area contributed by atoms with E-state index >= 15 is 0 Å². The van der Waals surface area contributed by atoms with Crippen LogP contribution in [0.2, 0.25) is 0 Å². The molecule has 1 aromatic carbocycles. The summed E-state index contributed by atoms with van der Waals surface area (Å²) in [7, 11) is 1.68. The van der Waals surface area contributed by atoms with Gasteiger partial charge in [-0.15, -0.1) is 0 Å². The Labute approximate surface area is 192 Å². The predicted molar refractivity (Wildman–Crippen MR) is 128 cm³/mol. The molecular weight excluding hydrogens is 416 g/mol. The van der Waals surface area contributed by atoms with Crippen molar-refractivity contribution >= 4 is 17.3 Å². The van der Waals surface area contributed by atoms with Crippen molar-refractivity contribution in [2.45, 2.75) is 18.9 Å². The molecule has 1 N–H and O–H groups in total. The zero-order valence-corrected chi connectivity index (χ0v) is 18.6. The molecule has 0 bridgehead atoms. The average Bonchev–Trinajstić information content (AvgIpc) is 3.60. The molecule has 0 atom stereocenters. The van der Waals surface area contributed by atoms with E-state index in [1.807, 2.05) is 41.0 Å². The van der Waals surface area contributed by atoms with Crippen molar-refractivity contribution in [3.63, 3.8) is 0 Å². The Morgan fingerprint density at radius 2 is 1.85 bits per heavy atom. The van der Waals surface area contributed by atoms with Crippen LogP contribution in [0, 0.1) is 0 Å². The van der Waals surface area contributed by atoms with Gasteiger partial charge in [0.1, 0.15) is 17.3 Å². The smallest absolute Gasteiger partial charge is 0.223 e. The van der Waals surface area contributed by atoms with Gasteiger partial charge in [0.25, 0.3) is 0 Å². The molecule has 0 radical (unpaired) electrons. The first-order chi connectivity index (χ1) is 16.3. The van der Waals surface area contributed by atoms with Crippen LogP contribution in [0.5, 0.6) is 5.75 Å². The lowest BCUT2D eigenvalue weighted by Gasteiger charge is -2.28. The number of nitrogens with zero attached hydrogens (tertiary/aromatic N) is 5. The summed E-state index contributed by atoms with van der Waals surface area (Å²) in [5.41, 5.74) is 4.76. The number of anilines is 2. The van der Waals surface area contributed by atoms with Crippen LogP contribution in [0.15, 0.2) is 54.7 Å². The molecule has 1 aliphatic carbocycles. The van der Waals surface area contributed by atoms with Crippen LogP contribution < -0.4 is 15.0 Å². The molecule has 168 valence electrons. The number of aromatic nitrogens is 4. The summed E-state index contributed by atoms with van der Waals surface area (Å²) in [6, 6.07) is 16.8. The Morgan fingerprint density at radius 1 is 1.03 bits per heavy atom. The van der Waals surface area contributed by atoms with Crippen LogP contribution in [0.25, 0.3) is 28.0 Å². The normalized spacial score (nSPS) is 16.2. The highest BCUT2D eigenvalue weighted by molar-refractivity contribution is 5.91. The number of hydrogen-bond acceptors (Lipinski definition) is 7. The van der Waals surface area contributed by atoms with Gasteiger partial charge in [-0.2, -0.15) is 5.10 Å². The van der Waals surface area contributed by atoms with Crippen LogP contribution in [0.3, 0.4) is 0 Å². The molecule has 4 aromatic rings. The number of pyridine rings is 1. The number of nitrogens with one attached hydrogen (secondary N) is 1. The number of ether oxygens (including phenoxy) is 2. The Morgan fingerprint density at radius 3 is 2.61 bits per heavy atom. The lowest BCUT2D eigenvalue weighted by molar-refractivity contribution is 0.122. The summed E-state index contributed by atoms with van der Waals surface area (Å²) in [6.45, 7) is 3.13. The molecule has 0 unspecified atom stereocenters. The highest BCUT2D eigenvalue weighted by Crippen LogP contribution is 2.37. The summed E-state index contributed by atoms with van der Waals surface area (Å²) in [5, 5.41) is 8.52. The Hall–Kier alpha value is -3.65. The lowest BCUT2D eigenvalue weighted by atomic mass is 10.0.